The SMILES string of the molecule is O=C(O)N(CCOc1cc(Cl)cc(C(=O)N(CCCO)C2CCCC2)c1)c1ccncc1. The second-order valence-electron chi connectivity index (χ2n) is 7.68. The first-order valence-corrected chi connectivity index (χ1v) is 11.1. The maximum absolute atomic E-state index is 13.2. The molecule has 0 radical (unpaired) electrons. The smallest absolute Gasteiger partial charge is 0.411 e. The van der Waals surface area contributed by atoms with Gasteiger partial charge < -0.3 is 19.8 Å². The van der Waals surface area contributed by atoms with Crippen molar-refractivity contribution in [2.75, 3.05) is 31.2 Å². The van der Waals surface area contributed by atoms with Gasteiger partial charge in [0.15, 0.2) is 0 Å². The average molecular weight is 462 g/mol. The number of aliphatic hydroxyl groups is 1. The Kier molecular flexibility index (Phi) is 8.70. The lowest BCUT2D eigenvalue weighted by molar-refractivity contribution is 0.0667. The summed E-state index contributed by atoms with van der Waals surface area (Å²) < 4.78 is 5.75. The number of ether oxygens (including phenoxy) is 1. The maximum Gasteiger partial charge on any atom is 0.411 e. The fourth-order valence-electron chi connectivity index (χ4n) is 3.96. The van der Waals surface area contributed by atoms with Crippen LogP contribution in [0.3, 0.4) is 0 Å². The first-order chi connectivity index (χ1) is 15.5. The first-order valence-electron chi connectivity index (χ1n) is 10.8. The molecule has 1 aliphatic rings. The minimum Gasteiger partial charge on any atom is -0.492 e. The highest BCUT2D eigenvalue weighted by molar-refractivity contribution is 6.31. The zero-order valence-electron chi connectivity index (χ0n) is 17.8. The van der Waals surface area contributed by atoms with Crippen molar-refractivity contribution < 1.29 is 24.5 Å². The van der Waals surface area contributed by atoms with Gasteiger partial charge >= 0.3 is 6.09 Å². The molecule has 3 rings (SSSR count). The fraction of sp³-hybridized carbons (Fsp3) is 0.435. The Balaban J connectivity index is 1.69. The minimum absolute atomic E-state index is 0.0258. The minimum atomic E-state index is -1.10. The van der Waals surface area contributed by atoms with Crippen LogP contribution in [0.25, 0.3) is 0 Å². The quantitative estimate of drug-likeness (QED) is 0.553. The van der Waals surface area contributed by atoms with Gasteiger partial charge in [0.05, 0.1) is 12.2 Å². The Morgan fingerprint density at radius 2 is 1.84 bits per heavy atom. The fourth-order valence-corrected chi connectivity index (χ4v) is 4.18. The van der Waals surface area contributed by atoms with Crippen molar-refractivity contribution in [2.24, 2.45) is 0 Å². The number of hydrogen-bond donors (Lipinski definition) is 2. The summed E-state index contributed by atoms with van der Waals surface area (Å²) in [6, 6.07) is 8.22. The van der Waals surface area contributed by atoms with Gasteiger partial charge in [-0.15, -0.1) is 0 Å². The van der Waals surface area contributed by atoms with E-state index >= 15 is 0 Å². The van der Waals surface area contributed by atoms with Crippen molar-refractivity contribution in [3.8, 4) is 5.75 Å². The van der Waals surface area contributed by atoms with Gasteiger partial charge in [-0.25, -0.2) is 4.79 Å². The molecule has 2 amide bonds. The molecule has 2 aromatic rings. The Hall–Kier alpha value is -2.84. The van der Waals surface area contributed by atoms with Gasteiger partial charge in [-0.2, -0.15) is 0 Å². The van der Waals surface area contributed by atoms with E-state index in [2.05, 4.69) is 4.98 Å². The highest BCUT2D eigenvalue weighted by Crippen LogP contribution is 2.28. The number of nitrogens with zero attached hydrogens (tertiary/aromatic N) is 3. The molecule has 9 heteroatoms. The van der Waals surface area contributed by atoms with Gasteiger partial charge in [0.2, 0.25) is 0 Å². The molecule has 8 nitrogen and oxygen atoms in total. The van der Waals surface area contributed by atoms with Gasteiger partial charge in [0.25, 0.3) is 5.91 Å². The Morgan fingerprint density at radius 3 is 2.50 bits per heavy atom. The van der Waals surface area contributed by atoms with E-state index in [4.69, 9.17) is 16.3 Å². The molecule has 0 atom stereocenters. The first kappa shape index (κ1) is 23.8. The molecule has 0 unspecified atom stereocenters. The van der Waals surface area contributed by atoms with Gasteiger partial charge in [0, 0.05) is 42.2 Å². The molecule has 32 heavy (non-hydrogen) atoms. The van der Waals surface area contributed by atoms with Crippen LogP contribution in [0.2, 0.25) is 5.02 Å². The van der Waals surface area contributed by atoms with Crippen LogP contribution >= 0.6 is 11.6 Å². The van der Waals surface area contributed by atoms with Crippen molar-refractivity contribution in [3.05, 3.63) is 53.3 Å². The van der Waals surface area contributed by atoms with Gasteiger partial charge in [0.1, 0.15) is 12.4 Å². The number of benzene rings is 1. The maximum atomic E-state index is 13.2. The molecule has 0 saturated heterocycles. The molecule has 0 spiro atoms. The molecule has 0 bridgehead atoms. The summed E-state index contributed by atoms with van der Waals surface area (Å²) in [5.74, 6) is 0.260. The van der Waals surface area contributed by atoms with Crippen LogP contribution in [0, 0.1) is 0 Å². The van der Waals surface area contributed by atoms with Crippen LogP contribution in [0.1, 0.15) is 42.5 Å². The summed E-state index contributed by atoms with van der Waals surface area (Å²) in [4.78, 5) is 31.7. The number of aromatic nitrogens is 1. The normalized spacial score (nSPS) is 13.7. The number of halogens is 1. The Morgan fingerprint density at radius 1 is 1.12 bits per heavy atom. The number of amides is 2. The number of aliphatic hydroxyl groups excluding tert-OH is 1. The average Bonchev–Trinajstić information content (AvgIpc) is 3.31. The highest BCUT2D eigenvalue weighted by atomic mass is 35.5. The molecule has 1 aromatic heterocycles. The summed E-state index contributed by atoms with van der Waals surface area (Å²) >= 11 is 6.25. The van der Waals surface area contributed by atoms with Crippen molar-refractivity contribution in [3.63, 3.8) is 0 Å². The van der Waals surface area contributed by atoms with E-state index in [0.29, 0.717) is 35.0 Å². The predicted molar refractivity (Wildman–Crippen MR) is 122 cm³/mol. The molecule has 1 aromatic carbocycles. The molecule has 1 saturated carbocycles. The van der Waals surface area contributed by atoms with E-state index in [-0.39, 0.29) is 31.7 Å². The number of carboxylic acid groups (broad SMARTS) is 1. The third-order valence-electron chi connectivity index (χ3n) is 5.49. The van der Waals surface area contributed by atoms with Gasteiger partial charge in [-0.3, -0.25) is 14.7 Å². The van der Waals surface area contributed by atoms with E-state index in [1.54, 1.807) is 30.3 Å². The van der Waals surface area contributed by atoms with Crippen molar-refractivity contribution in [1.82, 2.24) is 9.88 Å². The lowest BCUT2D eigenvalue weighted by atomic mass is 10.1. The number of rotatable bonds is 10. The second-order valence-corrected chi connectivity index (χ2v) is 8.11. The lowest BCUT2D eigenvalue weighted by Gasteiger charge is -2.29. The monoisotopic (exact) mass is 461 g/mol. The highest BCUT2D eigenvalue weighted by Gasteiger charge is 2.27. The second kappa shape index (κ2) is 11.7. The van der Waals surface area contributed by atoms with Crippen molar-refractivity contribution >= 4 is 29.3 Å². The topological polar surface area (TPSA) is 103 Å². The third kappa shape index (κ3) is 6.34. The van der Waals surface area contributed by atoms with Crippen molar-refractivity contribution in [2.45, 2.75) is 38.1 Å². The van der Waals surface area contributed by atoms with E-state index in [9.17, 15) is 19.8 Å². The van der Waals surface area contributed by atoms with Crippen LogP contribution in [-0.2, 0) is 0 Å². The zero-order valence-corrected chi connectivity index (χ0v) is 18.6. The summed E-state index contributed by atoms with van der Waals surface area (Å²) in [6.07, 6.45) is 6.57. The van der Waals surface area contributed by atoms with E-state index < -0.39 is 6.09 Å². The van der Waals surface area contributed by atoms with E-state index in [1.807, 2.05) is 4.90 Å². The third-order valence-corrected chi connectivity index (χ3v) is 5.71. The van der Waals surface area contributed by atoms with Crippen LogP contribution in [0.4, 0.5) is 10.5 Å². The molecule has 1 fully saturated rings. The van der Waals surface area contributed by atoms with Crippen LogP contribution in [-0.4, -0.2) is 64.4 Å². The predicted octanol–water partition coefficient (Wildman–Crippen LogP) is 4.07. The number of hydrogen-bond acceptors (Lipinski definition) is 5. The number of carbonyl (C=O) groups excluding carboxylic acids is 1. The van der Waals surface area contributed by atoms with Crippen LogP contribution < -0.4 is 9.64 Å². The largest absolute Gasteiger partial charge is 0.492 e. The molecular formula is C23H28ClN3O5. The molecule has 2 N–H and O–H groups in total. The summed E-state index contributed by atoms with van der Waals surface area (Å²) in [5, 5.41) is 19.1. The number of anilines is 1. The molecule has 0 aliphatic heterocycles. The lowest BCUT2D eigenvalue weighted by Crippen LogP contribution is -2.39. The number of carbonyl (C=O) groups is 2. The van der Waals surface area contributed by atoms with Gasteiger partial charge in [-0.05, 0) is 49.6 Å². The van der Waals surface area contributed by atoms with E-state index in [1.165, 1.54) is 12.4 Å². The summed E-state index contributed by atoms with van der Waals surface area (Å²) in [5.41, 5.74) is 0.913. The number of pyridine rings is 1. The zero-order chi connectivity index (χ0) is 22.9. The molecule has 172 valence electrons. The van der Waals surface area contributed by atoms with Gasteiger partial charge in [-0.1, -0.05) is 24.4 Å². The van der Waals surface area contributed by atoms with Crippen LogP contribution in [0.5, 0.6) is 5.75 Å². The molecule has 1 heterocycles. The standard InChI is InChI=1S/C23H28ClN3O5/c24-18-14-17(22(29)26(10-3-12-28)19-4-1-2-5-19)15-21(16-18)32-13-11-27(23(30)31)20-6-8-25-9-7-20/h6-9,14-16,19,28H,1-5,10-13H2,(H,30,31). The van der Waals surface area contributed by atoms with E-state index in [0.717, 1.165) is 30.6 Å². The van der Waals surface area contributed by atoms with Crippen molar-refractivity contribution in [1.29, 1.82) is 0 Å². The Labute approximate surface area is 192 Å². The Bertz CT molecular complexity index is 906. The summed E-state index contributed by atoms with van der Waals surface area (Å²) in [6.45, 7) is 0.694. The molecular weight excluding hydrogens is 434 g/mol. The summed E-state index contributed by atoms with van der Waals surface area (Å²) in [7, 11) is 0. The molecule has 1 aliphatic carbocycles. The van der Waals surface area contributed by atoms with Crippen LogP contribution in [0.15, 0.2) is 42.7 Å².